The van der Waals surface area contributed by atoms with Crippen molar-refractivity contribution in [3.63, 3.8) is 0 Å². The number of rotatable bonds is 2. The van der Waals surface area contributed by atoms with Gasteiger partial charge in [0.2, 0.25) is 11.8 Å². The number of hydrogen-bond acceptors (Lipinski definition) is 3. The predicted octanol–water partition coefficient (Wildman–Crippen LogP) is 0.0863. The van der Waals surface area contributed by atoms with Gasteiger partial charge in [0.25, 0.3) is 0 Å². The first-order chi connectivity index (χ1) is 7.61. The fourth-order valence-electron chi connectivity index (χ4n) is 2.13. The van der Waals surface area contributed by atoms with Crippen LogP contribution in [-0.2, 0) is 9.59 Å². The highest BCUT2D eigenvalue weighted by molar-refractivity contribution is 5.89. The lowest BCUT2D eigenvalue weighted by Gasteiger charge is -2.23. The molecule has 1 fully saturated rings. The summed E-state index contributed by atoms with van der Waals surface area (Å²) >= 11 is 0. The smallest absolute Gasteiger partial charge is 0.223 e. The van der Waals surface area contributed by atoms with Crippen molar-refractivity contribution in [2.75, 3.05) is 7.05 Å². The second-order valence-electron chi connectivity index (χ2n) is 3.95. The molecule has 1 aliphatic rings. The van der Waals surface area contributed by atoms with Crippen LogP contribution in [0.2, 0.25) is 0 Å². The fourth-order valence-corrected chi connectivity index (χ4v) is 2.13. The molecule has 5 heteroatoms. The lowest BCUT2D eigenvalue weighted by molar-refractivity contribution is -0.128. The number of hydrogen-bond donors (Lipinski definition) is 1. The third-order valence-corrected chi connectivity index (χ3v) is 2.98. The normalized spacial score (nSPS) is 24.8. The van der Waals surface area contributed by atoms with E-state index in [4.69, 9.17) is 5.73 Å². The maximum atomic E-state index is 11.6. The quantitative estimate of drug-likeness (QED) is 0.765. The Hall–Kier alpha value is -1.91. The summed E-state index contributed by atoms with van der Waals surface area (Å²) in [6, 6.07) is 3.35. The molecule has 1 aliphatic heterocycles. The van der Waals surface area contributed by atoms with Gasteiger partial charge in [-0.05, 0) is 11.6 Å². The zero-order valence-electron chi connectivity index (χ0n) is 8.96. The van der Waals surface area contributed by atoms with Crippen molar-refractivity contribution < 1.29 is 9.59 Å². The largest absolute Gasteiger partial charge is 0.369 e. The maximum absolute atomic E-state index is 11.6. The molecule has 0 bridgehead atoms. The van der Waals surface area contributed by atoms with E-state index >= 15 is 0 Å². The van der Waals surface area contributed by atoms with Crippen LogP contribution in [0.15, 0.2) is 24.5 Å². The van der Waals surface area contributed by atoms with E-state index in [-0.39, 0.29) is 18.4 Å². The molecule has 1 aromatic rings. The van der Waals surface area contributed by atoms with Crippen molar-refractivity contribution in [3.8, 4) is 0 Å². The number of primary amides is 1. The van der Waals surface area contributed by atoms with Crippen LogP contribution in [-0.4, -0.2) is 28.7 Å². The molecule has 5 nitrogen and oxygen atoms in total. The molecule has 2 rings (SSSR count). The number of aromatic nitrogens is 1. The molecule has 0 spiro atoms. The van der Waals surface area contributed by atoms with Crippen LogP contribution in [0.25, 0.3) is 0 Å². The van der Waals surface area contributed by atoms with Crippen LogP contribution in [0, 0.1) is 5.92 Å². The molecule has 0 aromatic carbocycles. The van der Waals surface area contributed by atoms with Gasteiger partial charge in [0.15, 0.2) is 0 Å². The van der Waals surface area contributed by atoms with Gasteiger partial charge in [-0.3, -0.25) is 14.6 Å². The molecule has 2 N–H and O–H groups in total. The van der Waals surface area contributed by atoms with Crippen LogP contribution in [0.5, 0.6) is 0 Å². The van der Waals surface area contributed by atoms with Crippen LogP contribution in [0.1, 0.15) is 18.0 Å². The van der Waals surface area contributed by atoms with Crippen molar-refractivity contribution in [1.82, 2.24) is 9.88 Å². The SMILES string of the molecule is CN1C(=O)CC(C(N)=O)C1c1cccnc1. The molecule has 0 saturated carbocycles. The summed E-state index contributed by atoms with van der Waals surface area (Å²) in [7, 11) is 1.68. The average molecular weight is 219 g/mol. The summed E-state index contributed by atoms with van der Waals surface area (Å²) in [4.78, 5) is 28.4. The number of likely N-dealkylation sites (tertiary alicyclic amines) is 1. The monoisotopic (exact) mass is 219 g/mol. The van der Waals surface area contributed by atoms with Gasteiger partial charge >= 0.3 is 0 Å². The fraction of sp³-hybridized carbons (Fsp3) is 0.364. The van der Waals surface area contributed by atoms with Gasteiger partial charge in [-0.25, -0.2) is 0 Å². The highest BCUT2D eigenvalue weighted by atomic mass is 16.2. The first kappa shape index (κ1) is 10.6. The molecule has 2 unspecified atom stereocenters. The zero-order valence-corrected chi connectivity index (χ0v) is 8.96. The lowest BCUT2D eigenvalue weighted by Crippen LogP contribution is -2.30. The van der Waals surface area contributed by atoms with E-state index in [2.05, 4.69) is 4.98 Å². The highest BCUT2D eigenvalue weighted by Crippen LogP contribution is 2.36. The number of nitrogens with zero attached hydrogens (tertiary/aromatic N) is 2. The molecular formula is C11H13N3O2. The van der Waals surface area contributed by atoms with Gasteiger partial charge in [0.05, 0.1) is 12.0 Å². The van der Waals surface area contributed by atoms with Gasteiger partial charge in [-0.1, -0.05) is 6.07 Å². The first-order valence-electron chi connectivity index (χ1n) is 5.06. The number of amides is 2. The third-order valence-electron chi connectivity index (χ3n) is 2.98. The first-order valence-corrected chi connectivity index (χ1v) is 5.06. The summed E-state index contributed by atoms with van der Waals surface area (Å²) in [5.41, 5.74) is 6.16. The minimum atomic E-state index is -0.457. The Morgan fingerprint density at radius 3 is 2.94 bits per heavy atom. The Labute approximate surface area is 93.3 Å². The topological polar surface area (TPSA) is 76.3 Å². The minimum absolute atomic E-state index is 0.0577. The van der Waals surface area contributed by atoms with E-state index in [0.29, 0.717) is 0 Å². The van der Waals surface area contributed by atoms with Crippen LogP contribution >= 0.6 is 0 Å². The van der Waals surface area contributed by atoms with Crippen molar-refractivity contribution in [2.45, 2.75) is 12.5 Å². The Balaban J connectivity index is 2.37. The molecule has 1 saturated heterocycles. The van der Waals surface area contributed by atoms with E-state index in [1.54, 1.807) is 30.4 Å². The average Bonchev–Trinajstić information content (AvgIpc) is 2.57. The molecular weight excluding hydrogens is 206 g/mol. The molecule has 2 heterocycles. The highest BCUT2D eigenvalue weighted by Gasteiger charge is 2.41. The Kier molecular flexibility index (Phi) is 2.60. The molecule has 16 heavy (non-hydrogen) atoms. The van der Waals surface area contributed by atoms with Crippen LogP contribution in [0.4, 0.5) is 0 Å². The summed E-state index contributed by atoms with van der Waals surface area (Å²) < 4.78 is 0. The van der Waals surface area contributed by atoms with E-state index < -0.39 is 11.8 Å². The van der Waals surface area contributed by atoms with E-state index in [1.807, 2.05) is 6.07 Å². The van der Waals surface area contributed by atoms with Crippen LogP contribution in [0.3, 0.4) is 0 Å². The van der Waals surface area contributed by atoms with E-state index in [0.717, 1.165) is 5.56 Å². The number of carbonyl (C=O) groups excluding carboxylic acids is 2. The summed E-state index contributed by atoms with van der Waals surface area (Å²) in [6.07, 6.45) is 3.50. The van der Waals surface area contributed by atoms with Crippen LogP contribution < -0.4 is 5.73 Å². The number of carbonyl (C=O) groups is 2. The summed E-state index contributed by atoms with van der Waals surface area (Å²) in [6.45, 7) is 0. The number of pyridine rings is 1. The third kappa shape index (κ3) is 1.64. The Bertz CT molecular complexity index is 418. The predicted molar refractivity (Wildman–Crippen MR) is 57.0 cm³/mol. The van der Waals surface area contributed by atoms with Crippen molar-refractivity contribution in [3.05, 3.63) is 30.1 Å². The van der Waals surface area contributed by atoms with Gasteiger partial charge in [-0.2, -0.15) is 0 Å². The zero-order chi connectivity index (χ0) is 11.7. The minimum Gasteiger partial charge on any atom is -0.369 e. The second kappa shape index (κ2) is 3.92. The maximum Gasteiger partial charge on any atom is 0.223 e. The molecule has 2 amide bonds. The lowest BCUT2D eigenvalue weighted by atomic mass is 9.94. The standard InChI is InChI=1S/C11H13N3O2/c1-14-9(15)5-8(11(12)16)10(14)7-3-2-4-13-6-7/h2-4,6,8,10H,5H2,1H3,(H2,12,16). The van der Waals surface area contributed by atoms with Crippen molar-refractivity contribution >= 4 is 11.8 Å². The number of nitrogens with two attached hydrogens (primary N) is 1. The van der Waals surface area contributed by atoms with Gasteiger partial charge < -0.3 is 10.6 Å². The molecule has 0 radical (unpaired) electrons. The molecule has 84 valence electrons. The van der Waals surface area contributed by atoms with Crippen molar-refractivity contribution in [1.29, 1.82) is 0 Å². The Morgan fingerprint density at radius 2 is 2.38 bits per heavy atom. The van der Waals surface area contributed by atoms with Gasteiger partial charge in [0.1, 0.15) is 0 Å². The van der Waals surface area contributed by atoms with Crippen molar-refractivity contribution in [2.24, 2.45) is 11.7 Å². The summed E-state index contributed by atoms with van der Waals surface area (Å²) in [5, 5.41) is 0. The van der Waals surface area contributed by atoms with E-state index in [1.165, 1.54) is 0 Å². The van der Waals surface area contributed by atoms with Gasteiger partial charge in [0, 0.05) is 25.9 Å². The summed E-state index contributed by atoms with van der Waals surface area (Å²) in [5.74, 6) is -0.953. The Morgan fingerprint density at radius 1 is 1.62 bits per heavy atom. The molecule has 0 aliphatic carbocycles. The van der Waals surface area contributed by atoms with Gasteiger partial charge in [-0.15, -0.1) is 0 Å². The van der Waals surface area contributed by atoms with E-state index in [9.17, 15) is 9.59 Å². The molecule has 2 atom stereocenters. The molecule has 1 aromatic heterocycles. The second-order valence-corrected chi connectivity index (χ2v) is 3.95.